The molecule has 4 N–H and O–H groups in total. The predicted molar refractivity (Wildman–Crippen MR) is 132 cm³/mol. The smallest absolute Gasteiger partial charge is 0.228 e. The Labute approximate surface area is 195 Å². The van der Waals surface area contributed by atoms with Gasteiger partial charge in [0, 0.05) is 26.7 Å². The van der Waals surface area contributed by atoms with Crippen molar-refractivity contribution in [2.24, 2.45) is 5.14 Å². The number of rotatable bonds is 7. The normalized spacial score (nSPS) is 10.7. The molecule has 3 aromatic carbocycles. The first-order valence-electron chi connectivity index (χ1n) is 9.81. The zero-order chi connectivity index (χ0) is 22.5. The van der Waals surface area contributed by atoms with E-state index < -0.39 is 0 Å². The van der Waals surface area contributed by atoms with Gasteiger partial charge in [-0.3, -0.25) is 9.93 Å². The molecule has 0 unspecified atom stereocenters. The van der Waals surface area contributed by atoms with Gasteiger partial charge in [0.15, 0.2) is 0 Å². The van der Waals surface area contributed by atoms with Gasteiger partial charge in [0.2, 0.25) is 5.91 Å². The first-order valence-corrected chi connectivity index (χ1v) is 11.1. The number of carbonyl (C=O) groups excluding carboxylic acids is 1. The molecule has 0 aliphatic heterocycles. The van der Waals surface area contributed by atoms with Crippen LogP contribution in [0.15, 0.2) is 77.7 Å². The molecule has 0 atom stereocenters. The summed E-state index contributed by atoms with van der Waals surface area (Å²) in [4.78, 5) is 18.1. The molecule has 0 spiro atoms. The number of methoxy groups -OCH3 is 1. The summed E-state index contributed by atoms with van der Waals surface area (Å²) in [5.41, 5.74) is 2.99. The Kier molecular flexibility index (Phi) is 6.80. The van der Waals surface area contributed by atoms with Gasteiger partial charge in [-0.05, 0) is 72.1 Å². The van der Waals surface area contributed by atoms with E-state index in [0.717, 1.165) is 39.2 Å². The molecule has 0 radical (unpaired) electrons. The summed E-state index contributed by atoms with van der Waals surface area (Å²) >= 11 is 7.29. The summed E-state index contributed by atoms with van der Waals surface area (Å²) in [5, 5.41) is 13.6. The van der Waals surface area contributed by atoms with Crippen LogP contribution in [-0.2, 0) is 11.2 Å². The van der Waals surface area contributed by atoms with Crippen LogP contribution >= 0.6 is 23.5 Å². The van der Waals surface area contributed by atoms with Crippen molar-refractivity contribution in [2.75, 3.05) is 17.7 Å². The maximum atomic E-state index is 12.6. The number of hydrogen-bond donors (Lipinski definition) is 3. The summed E-state index contributed by atoms with van der Waals surface area (Å²) in [6, 6.07) is 22.4. The van der Waals surface area contributed by atoms with Gasteiger partial charge in [0.05, 0.1) is 19.0 Å². The molecule has 1 heterocycles. The largest absolute Gasteiger partial charge is 0.497 e. The van der Waals surface area contributed by atoms with E-state index in [1.54, 1.807) is 13.2 Å². The molecule has 0 saturated heterocycles. The summed E-state index contributed by atoms with van der Waals surface area (Å²) < 4.78 is 5.19. The summed E-state index contributed by atoms with van der Waals surface area (Å²) in [6.45, 7) is 0. The first kappa shape index (κ1) is 22.0. The minimum atomic E-state index is -0.169. The molecule has 6 nitrogen and oxygen atoms in total. The second-order valence-electron chi connectivity index (χ2n) is 7.03. The maximum Gasteiger partial charge on any atom is 0.228 e. The van der Waals surface area contributed by atoms with E-state index in [1.165, 1.54) is 0 Å². The number of ether oxygens (including phenoxy) is 1. The number of amides is 1. The lowest BCUT2D eigenvalue weighted by molar-refractivity contribution is -0.115. The lowest BCUT2D eigenvalue weighted by atomic mass is 10.1. The van der Waals surface area contributed by atoms with E-state index in [2.05, 4.69) is 10.6 Å². The number of halogens is 1. The van der Waals surface area contributed by atoms with Crippen LogP contribution in [0.3, 0.4) is 0 Å². The molecule has 8 heteroatoms. The third-order valence-corrected chi connectivity index (χ3v) is 5.81. The SMILES string of the molecule is COc1ccc(Nc2ccc3c(SN)cc(NC(=O)Cc4ccccc4Cl)cc3n2)cc1. The van der Waals surface area contributed by atoms with Gasteiger partial charge >= 0.3 is 0 Å². The molecule has 32 heavy (non-hydrogen) atoms. The predicted octanol–water partition coefficient (Wildman–Crippen LogP) is 5.79. The van der Waals surface area contributed by atoms with Gasteiger partial charge in [-0.1, -0.05) is 29.8 Å². The number of nitrogens with zero attached hydrogens (tertiary/aromatic N) is 1. The number of hydrogen-bond acceptors (Lipinski definition) is 6. The standard InChI is InChI=1S/C24H21ClN4O2S/c1-31-18-8-6-16(7-9-18)27-23-11-10-19-21(29-23)13-17(14-22(19)32-26)28-24(30)12-15-4-2-3-5-20(15)25/h2-11,13-14H,12,26H2,1H3,(H,27,29)(H,28,30). The maximum absolute atomic E-state index is 12.6. The van der Waals surface area contributed by atoms with Crippen molar-refractivity contribution in [3.8, 4) is 5.75 Å². The topological polar surface area (TPSA) is 89.3 Å². The fourth-order valence-corrected chi connectivity index (χ4v) is 3.98. The molecule has 0 aliphatic carbocycles. The van der Waals surface area contributed by atoms with Crippen molar-refractivity contribution in [2.45, 2.75) is 11.3 Å². The number of carbonyl (C=O) groups is 1. The molecular formula is C24H21ClN4O2S. The highest BCUT2D eigenvalue weighted by Gasteiger charge is 2.11. The highest BCUT2D eigenvalue weighted by atomic mass is 35.5. The van der Waals surface area contributed by atoms with Crippen LogP contribution in [0.5, 0.6) is 5.75 Å². The van der Waals surface area contributed by atoms with Gasteiger partial charge < -0.3 is 15.4 Å². The molecule has 0 aliphatic rings. The van der Waals surface area contributed by atoms with E-state index >= 15 is 0 Å². The number of pyridine rings is 1. The minimum absolute atomic E-state index is 0.169. The Hall–Kier alpha value is -3.26. The second kappa shape index (κ2) is 9.91. The van der Waals surface area contributed by atoms with Crippen molar-refractivity contribution >= 4 is 57.6 Å². The van der Waals surface area contributed by atoms with Gasteiger partial charge in [-0.15, -0.1) is 0 Å². The number of nitrogens with two attached hydrogens (primary N) is 1. The van der Waals surface area contributed by atoms with Crippen molar-refractivity contribution in [3.05, 3.63) is 83.4 Å². The van der Waals surface area contributed by atoms with Crippen LogP contribution < -0.4 is 20.5 Å². The van der Waals surface area contributed by atoms with Gasteiger partial charge in [0.25, 0.3) is 0 Å². The molecule has 1 amide bonds. The zero-order valence-electron chi connectivity index (χ0n) is 17.3. The van der Waals surface area contributed by atoms with Crippen molar-refractivity contribution in [3.63, 3.8) is 0 Å². The Bertz CT molecular complexity index is 1260. The van der Waals surface area contributed by atoms with E-state index in [1.807, 2.05) is 66.7 Å². The minimum Gasteiger partial charge on any atom is -0.497 e. The van der Waals surface area contributed by atoms with Crippen LogP contribution in [0.2, 0.25) is 5.02 Å². The van der Waals surface area contributed by atoms with Crippen LogP contribution in [0, 0.1) is 0 Å². The first-order chi connectivity index (χ1) is 15.6. The average Bonchev–Trinajstić information content (AvgIpc) is 2.80. The number of anilines is 3. The Balaban J connectivity index is 1.57. The second-order valence-corrected chi connectivity index (χ2v) is 8.11. The molecule has 0 fully saturated rings. The van der Waals surface area contributed by atoms with Crippen LogP contribution in [0.4, 0.5) is 17.2 Å². The van der Waals surface area contributed by atoms with Crippen LogP contribution in [0.25, 0.3) is 10.9 Å². The fraction of sp³-hybridized carbons (Fsp3) is 0.0833. The van der Waals surface area contributed by atoms with Crippen molar-refractivity contribution < 1.29 is 9.53 Å². The summed E-state index contributed by atoms with van der Waals surface area (Å²) in [7, 11) is 1.63. The van der Waals surface area contributed by atoms with Gasteiger partial charge in [0.1, 0.15) is 11.6 Å². The lowest BCUT2D eigenvalue weighted by Crippen LogP contribution is -2.14. The molecule has 1 aromatic heterocycles. The van der Waals surface area contributed by atoms with Crippen LogP contribution in [-0.4, -0.2) is 18.0 Å². The van der Waals surface area contributed by atoms with E-state index in [9.17, 15) is 4.79 Å². The molecule has 4 aromatic rings. The Morgan fingerprint density at radius 1 is 1.06 bits per heavy atom. The van der Waals surface area contributed by atoms with Gasteiger partial charge in [-0.25, -0.2) is 4.98 Å². The third kappa shape index (κ3) is 5.13. The highest BCUT2D eigenvalue weighted by molar-refractivity contribution is 7.97. The van der Waals surface area contributed by atoms with E-state index in [-0.39, 0.29) is 12.3 Å². The summed E-state index contributed by atoms with van der Waals surface area (Å²) in [5.74, 6) is 1.29. The lowest BCUT2D eigenvalue weighted by Gasteiger charge is -2.12. The summed E-state index contributed by atoms with van der Waals surface area (Å²) in [6.07, 6.45) is 0.176. The Morgan fingerprint density at radius 2 is 1.84 bits per heavy atom. The van der Waals surface area contributed by atoms with E-state index in [0.29, 0.717) is 22.0 Å². The quantitative estimate of drug-likeness (QED) is 0.300. The fourth-order valence-electron chi connectivity index (χ4n) is 3.28. The highest BCUT2D eigenvalue weighted by Crippen LogP contribution is 2.30. The van der Waals surface area contributed by atoms with Crippen LogP contribution in [0.1, 0.15) is 5.56 Å². The Morgan fingerprint density at radius 3 is 2.56 bits per heavy atom. The van der Waals surface area contributed by atoms with Gasteiger partial charge in [-0.2, -0.15) is 0 Å². The molecule has 0 saturated carbocycles. The van der Waals surface area contributed by atoms with Crippen molar-refractivity contribution in [1.82, 2.24) is 4.98 Å². The molecule has 4 rings (SSSR count). The zero-order valence-corrected chi connectivity index (χ0v) is 18.8. The number of nitrogens with one attached hydrogen (secondary N) is 2. The monoisotopic (exact) mass is 464 g/mol. The number of benzene rings is 3. The molecule has 0 bridgehead atoms. The molecule has 162 valence electrons. The molecular weight excluding hydrogens is 444 g/mol. The van der Waals surface area contributed by atoms with E-state index in [4.69, 9.17) is 26.5 Å². The van der Waals surface area contributed by atoms with Crippen molar-refractivity contribution in [1.29, 1.82) is 0 Å². The average molecular weight is 465 g/mol. The number of aromatic nitrogens is 1. The third-order valence-electron chi connectivity index (χ3n) is 4.85. The number of fused-ring (bicyclic) bond motifs is 1.